The Bertz CT molecular complexity index is 1060. The molecule has 1 aromatic carbocycles. The molecule has 1 aromatic heterocycles. The number of hydrogen-bond acceptors (Lipinski definition) is 5. The summed E-state index contributed by atoms with van der Waals surface area (Å²) in [6.07, 6.45) is 7.81. The molecule has 2 heterocycles. The number of aromatic nitrogens is 1. The zero-order valence-corrected chi connectivity index (χ0v) is 16.4. The van der Waals surface area contributed by atoms with E-state index in [0.717, 1.165) is 43.6 Å². The van der Waals surface area contributed by atoms with E-state index in [1.54, 1.807) is 6.20 Å². The fourth-order valence-electron chi connectivity index (χ4n) is 4.95. The number of anilines is 1. The Kier molecular flexibility index (Phi) is 4.35. The van der Waals surface area contributed by atoms with Crippen molar-refractivity contribution in [3.63, 3.8) is 0 Å². The summed E-state index contributed by atoms with van der Waals surface area (Å²) in [5.74, 6) is 1.09. The maximum Gasteiger partial charge on any atom is 0.511 e. The van der Waals surface area contributed by atoms with Crippen LogP contribution in [0.15, 0.2) is 41.3 Å². The van der Waals surface area contributed by atoms with Crippen LogP contribution in [0.1, 0.15) is 25.3 Å². The van der Waals surface area contributed by atoms with E-state index in [9.17, 15) is 9.59 Å². The van der Waals surface area contributed by atoms with Crippen LogP contribution in [0.5, 0.6) is 5.75 Å². The molecule has 5 rings (SSSR count). The van der Waals surface area contributed by atoms with E-state index < -0.39 is 6.16 Å². The van der Waals surface area contributed by atoms with Crippen molar-refractivity contribution in [2.75, 3.05) is 25.0 Å². The number of carboxylic acid groups (broad SMARTS) is 1. The molecule has 2 aromatic rings. The fraction of sp³-hybridized carbons (Fsp3) is 0.455. The third-order valence-corrected chi connectivity index (χ3v) is 6.56. The Hall–Kier alpha value is -2.80. The number of likely N-dealkylation sites (N-methyl/N-ethyl adjacent to an activating group) is 1. The van der Waals surface area contributed by atoms with E-state index in [1.807, 2.05) is 23.7 Å². The van der Waals surface area contributed by atoms with Crippen LogP contribution in [-0.4, -0.2) is 42.0 Å². The summed E-state index contributed by atoms with van der Waals surface area (Å²) < 4.78 is 6.76. The molecular formula is C22H25N3O4. The van der Waals surface area contributed by atoms with E-state index in [-0.39, 0.29) is 11.2 Å². The van der Waals surface area contributed by atoms with Crippen LogP contribution in [-0.2, 0) is 0 Å². The monoisotopic (exact) mass is 395 g/mol. The van der Waals surface area contributed by atoms with Crippen molar-refractivity contribution in [3.05, 3.63) is 46.8 Å². The van der Waals surface area contributed by atoms with Gasteiger partial charge in [0.1, 0.15) is 0 Å². The third kappa shape index (κ3) is 3.19. The zero-order chi connectivity index (χ0) is 20.1. The molecule has 3 atom stereocenters. The van der Waals surface area contributed by atoms with Crippen molar-refractivity contribution in [1.29, 1.82) is 0 Å². The SMILES string of the molecule is CNC1C=CCC2CN(c3ccc4c(=O)c(OC(=O)O)cn(C5CC5)c4c3)CC21. The fourth-order valence-corrected chi connectivity index (χ4v) is 4.95. The Morgan fingerprint density at radius 2 is 2.10 bits per heavy atom. The quantitative estimate of drug-likeness (QED) is 0.612. The number of fused-ring (bicyclic) bond motifs is 2. The second-order valence-electron chi connectivity index (χ2n) is 8.34. The molecule has 2 fully saturated rings. The number of carbonyl (C=O) groups is 1. The van der Waals surface area contributed by atoms with E-state index in [2.05, 4.69) is 28.4 Å². The first-order chi connectivity index (χ1) is 14.0. The summed E-state index contributed by atoms with van der Waals surface area (Å²) in [6.45, 7) is 1.99. The summed E-state index contributed by atoms with van der Waals surface area (Å²) in [6, 6.07) is 6.57. The maximum atomic E-state index is 12.7. The molecule has 3 unspecified atom stereocenters. The third-order valence-electron chi connectivity index (χ3n) is 6.56. The van der Waals surface area contributed by atoms with Gasteiger partial charge in [0.15, 0.2) is 5.75 Å². The number of nitrogens with one attached hydrogen (secondary N) is 1. The van der Waals surface area contributed by atoms with E-state index >= 15 is 0 Å². The van der Waals surface area contributed by atoms with Crippen molar-refractivity contribution in [2.45, 2.75) is 31.3 Å². The zero-order valence-electron chi connectivity index (χ0n) is 16.4. The average molecular weight is 395 g/mol. The number of hydrogen-bond donors (Lipinski definition) is 2. The van der Waals surface area contributed by atoms with E-state index in [1.165, 1.54) is 0 Å². The second-order valence-corrected chi connectivity index (χ2v) is 8.34. The molecule has 0 radical (unpaired) electrons. The Balaban J connectivity index is 1.53. The smallest absolute Gasteiger partial charge is 0.449 e. The van der Waals surface area contributed by atoms with Gasteiger partial charge in [-0.3, -0.25) is 4.79 Å². The number of pyridine rings is 1. The number of ether oxygens (including phenoxy) is 1. The summed E-state index contributed by atoms with van der Waals surface area (Å²) in [4.78, 5) is 26.1. The molecule has 7 nitrogen and oxygen atoms in total. The van der Waals surface area contributed by atoms with Gasteiger partial charge in [-0.25, -0.2) is 4.79 Å². The predicted molar refractivity (Wildman–Crippen MR) is 111 cm³/mol. The largest absolute Gasteiger partial charge is 0.511 e. The highest BCUT2D eigenvalue weighted by Crippen LogP contribution is 2.40. The molecule has 1 aliphatic heterocycles. The molecular weight excluding hydrogens is 370 g/mol. The minimum atomic E-state index is -1.47. The first-order valence-corrected chi connectivity index (χ1v) is 10.2. The number of nitrogens with zero attached hydrogens (tertiary/aromatic N) is 2. The molecule has 29 heavy (non-hydrogen) atoms. The molecule has 0 bridgehead atoms. The van der Waals surface area contributed by atoms with Crippen LogP contribution < -0.4 is 20.4 Å². The number of benzene rings is 1. The minimum Gasteiger partial charge on any atom is -0.449 e. The first kappa shape index (κ1) is 18.2. The second kappa shape index (κ2) is 6.91. The van der Waals surface area contributed by atoms with Gasteiger partial charge in [0, 0.05) is 42.2 Å². The van der Waals surface area contributed by atoms with Crippen molar-refractivity contribution in [2.24, 2.45) is 11.8 Å². The maximum absolute atomic E-state index is 12.7. The number of allylic oxidation sites excluding steroid dienone is 1. The van der Waals surface area contributed by atoms with Crippen LogP contribution in [0.4, 0.5) is 10.5 Å². The lowest BCUT2D eigenvalue weighted by molar-refractivity contribution is 0.143. The highest BCUT2D eigenvalue weighted by Gasteiger charge is 2.38. The summed E-state index contributed by atoms with van der Waals surface area (Å²) in [5.41, 5.74) is 1.59. The van der Waals surface area contributed by atoms with Gasteiger partial charge in [0.05, 0.1) is 11.7 Å². The average Bonchev–Trinajstić information content (AvgIpc) is 3.46. The lowest BCUT2D eigenvalue weighted by atomic mass is 9.82. The molecule has 152 valence electrons. The molecule has 7 heteroatoms. The molecule has 0 spiro atoms. The van der Waals surface area contributed by atoms with Gasteiger partial charge in [-0.05, 0) is 50.4 Å². The molecule has 2 N–H and O–H groups in total. The highest BCUT2D eigenvalue weighted by molar-refractivity contribution is 5.84. The highest BCUT2D eigenvalue weighted by atomic mass is 16.7. The van der Waals surface area contributed by atoms with Gasteiger partial charge >= 0.3 is 6.16 Å². The van der Waals surface area contributed by atoms with E-state index in [4.69, 9.17) is 9.84 Å². The Morgan fingerprint density at radius 1 is 1.28 bits per heavy atom. The van der Waals surface area contributed by atoms with Crippen molar-refractivity contribution >= 4 is 22.7 Å². The molecule has 0 amide bonds. The summed E-state index contributed by atoms with van der Waals surface area (Å²) in [7, 11) is 2.02. The van der Waals surface area contributed by atoms with Crippen molar-refractivity contribution in [3.8, 4) is 5.75 Å². The molecule has 1 saturated carbocycles. The van der Waals surface area contributed by atoms with Gasteiger partial charge in [-0.15, -0.1) is 0 Å². The van der Waals surface area contributed by atoms with Gasteiger partial charge in [0.25, 0.3) is 0 Å². The Labute approximate surface area is 168 Å². The normalized spacial score (nSPS) is 26.0. The lowest BCUT2D eigenvalue weighted by Gasteiger charge is -2.28. The first-order valence-electron chi connectivity index (χ1n) is 10.2. The predicted octanol–water partition coefficient (Wildman–Crippen LogP) is 2.99. The van der Waals surface area contributed by atoms with Crippen molar-refractivity contribution < 1.29 is 14.6 Å². The van der Waals surface area contributed by atoms with Crippen molar-refractivity contribution in [1.82, 2.24) is 9.88 Å². The van der Waals surface area contributed by atoms with Gasteiger partial charge in [-0.2, -0.15) is 0 Å². The molecule has 2 aliphatic carbocycles. The van der Waals surface area contributed by atoms with Gasteiger partial charge in [-0.1, -0.05) is 12.2 Å². The summed E-state index contributed by atoms with van der Waals surface area (Å²) in [5, 5.41) is 12.9. The van der Waals surface area contributed by atoms with Gasteiger partial charge in [0.2, 0.25) is 5.43 Å². The Morgan fingerprint density at radius 3 is 2.83 bits per heavy atom. The molecule has 1 saturated heterocycles. The molecule has 3 aliphatic rings. The topological polar surface area (TPSA) is 83.8 Å². The number of rotatable bonds is 4. The van der Waals surface area contributed by atoms with Crippen LogP contribution in [0.25, 0.3) is 10.9 Å². The van der Waals surface area contributed by atoms with Gasteiger partial charge < -0.3 is 24.6 Å². The van der Waals surface area contributed by atoms with E-state index in [0.29, 0.717) is 29.3 Å². The summed E-state index contributed by atoms with van der Waals surface area (Å²) >= 11 is 0. The van der Waals surface area contributed by atoms with Crippen LogP contribution >= 0.6 is 0 Å². The minimum absolute atomic E-state index is 0.125. The van der Waals surface area contributed by atoms with Crippen LogP contribution in [0.3, 0.4) is 0 Å². The van der Waals surface area contributed by atoms with Crippen LogP contribution in [0, 0.1) is 11.8 Å². The standard InChI is InChI=1S/C22H25N3O4/c1-23-18-4-2-3-13-10-24(11-17(13)18)15-7-8-16-19(9-15)25(14-5-6-14)12-20(21(16)26)29-22(27)28/h2,4,7-9,12-14,17-18,23H,3,5-6,10-11H2,1H3,(H,27,28). The van der Waals surface area contributed by atoms with Crippen LogP contribution in [0.2, 0.25) is 0 Å². The lowest BCUT2D eigenvalue weighted by Crippen LogP contribution is -2.38.